The van der Waals surface area contributed by atoms with Gasteiger partial charge in [0.1, 0.15) is 11.4 Å². The Hall–Kier alpha value is -3.60. The van der Waals surface area contributed by atoms with Crippen LogP contribution in [0.2, 0.25) is 0 Å². The zero-order valence-electron chi connectivity index (χ0n) is 24.8. The van der Waals surface area contributed by atoms with Crippen molar-refractivity contribution in [3.63, 3.8) is 0 Å². The molecule has 41 heavy (non-hydrogen) atoms. The second kappa shape index (κ2) is 13.4. The van der Waals surface area contributed by atoms with E-state index < -0.39 is 5.60 Å². The Bertz CT molecular complexity index is 1190. The highest BCUT2D eigenvalue weighted by molar-refractivity contribution is 6.06. The average molecular weight is 570 g/mol. The number of nitrogens with zero attached hydrogens (tertiary/aromatic N) is 4. The van der Waals surface area contributed by atoms with Crippen molar-refractivity contribution >= 4 is 23.8 Å². The summed E-state index contributed by atoms with van der Waals surface area (Å²) in [5.41, 5.74) is -0.101. The summed E-state index contributed by atoms with van der Waals surface area (Å²) < 4.78 is 16.3. The van der Waals surface area contributed by atoms with Gasteiger partial charge in [-0.25, -0.2) is 9.78 Å². The fraction of sp³-hybridized carbons (Fsp3) is 0.600. The number of amides is 2. The lowest BCUT2D eigenvalue weighted by molar-refractivity contribution is 0.0185. The van der Waals surface area contributed by atoms with Crippen molar-refractivity contribution in [2.75, 3.05) is 44.1 Å². The molecule has 224 valence electrons. The van der Waals surface area contributed by atoms with Gasteiger partial charge in [0.25, 0.3) is 5.91 Å². The van der Waals surface area contributed by atoms with Gasteiger partial charge in [0.15, 0.2) is 11.5 Å². The van der Waals surface area contributed by atoms with Gasteiger partial charge in [-0.1, -0.05) is 0 Å². The van der Waals surface area contributed by atoms with Crippen molar-refractivity contribution in [3.8, 4) is 11.5 Å². The Kier molecular flexibility index (Phi) is 9.90. The molecule has 0 spiro atoms. The van der Waals surface area contributed by atoms with Crippen LogP contribution in [-0.4, -0.2) is 83.6 Å². The molecule has 2 heterocycles. The fourth-order valence-corrected chi connectivity index (χ4v) is 5.26. The minimum atomic E-state index is -0.549. The van der Waals surface area contributed by atoms with Gasteiger partial charge in [0.05, 0.1) is 20.3 Å². The summed E-state index contributed by atoms with van der Waals surface area (Å²) in [6.07, 6.45) is 5.70. The summed E-state index contributed by atoms with van der Waals surface area (Å²) in [6, 6.07) is 7.02. The number of methoxy groups -OCH3 is 2. The maximum absolute atomic E-state index is 14.0. The van der Waals surface area contributed by atoms with Gasteiger partial charge in [-0.15, -0.1) is 0 Å². The van der Waals surface area contributed by atoms with Crippen LogP contribution >= 0.6 is 0 Å². The quantitative estimate of drug-likeness (QED) is 0.472. The van der Waals surface area contributed by atoms with E-state index in [0.29, 0.717) is 48.5 Å². The van der Waals surface area contributed by atoms with Crippen LogP contribution in [0.3, 0.4) is 0 Å². The Labute approximate surface area is 242 Å². The minimum Gasteiger partial charge on any atom is -0.493 e. The molecule has 0 atom stereocenters. The Morgan fingerprint density at radius 2 is 1.71 bits per heavy atom. The zero-order chi connectivity index (χ0) is 29.6. The highest BCUT2D eigenvalue weighted by atomic mass is 16.6. The topological polar surface area (TPSA) is 126 Å². The van der Waals surface area contributed by atoms with Gasteiger partial charge >= 0.3 is 6.09 Å². The van der Waals surface area contributed by atoms with E-state index in [-0.39, 0.29) is 30.1 Å². The van der Waals surface area contributed by atoms with Crippen LogP contribution in [0.15, 0.2) is 30.5 Å². The fourth-order valence-electron chi connectivity index (χ4n) is 5.26. The standard InChI is InChI=1S/C30H43N5O6/c1-30(2,3)41-29(38)34-16-13-20(14-17-34)19-35(27(37)21-6-11-24(39-4)25(18-21)40-5)26-12-15-31-28(33-26)32-22-7-9-23(36)10-8-22/h6,11-12,15,18,20,22-23,36H,7-10,13-14,16-17,19H2,1-5H3,(H,31,32,33). The molecule has 2 aromatic rings. The molecule has 2 aliphatic rings. The van der Waals surface area contributed by atoms with Crippen molar-refractivity contribution in [1.82, 2.24) is 14.9 Å². The molecular weight excluding hydrogens is 526 g/mol. The monoisotopic (exact) mass is 569 g/mol. The predicted octanol–water partition coefficient (Wildman–Crippen LogP) is 4.50. The number of anilines is 2. The number of likely N-dealkylation sites (tertiary alicyclic amines) is 1. The molecule has 1 aromatic carbocycles. The molecule has 2 N–H and O–H groups in total. The lowest BCUT2D eigenvalue weighted by Crippen LogP contribution is -2.45. The van der Waals surface area contributed by atoms with Gasteiger partial charge in [-0.2, -0.15) is 4.98 Å². The Morgan fingerprint density at radius 3 is 2.34 bits per heavy atom. The maximum atomic E-state index is 14.0. The number of benzene rings is 1. The van der Waals surface area contributed by atoms with Crippen molar-refractivity contribution in [1.29, 1.82) is 0 Å². The van der Waals surface area contributed by atoms with E-state index in [0.717, 1.165) is 38.5 Å². The number of hydrogen-bond donors (Lipinski definition) is 2. The molecule has 4 rings (SSSR count). The lowest BCUT2D eigenvalue weighted by atomic mass is 9.93. The van der Waals surface area contributed by atoms with Crippen LogP contribution in [0, 0.1) is 5.92 Å². The zero-order valence-corrected chi connectivity index (χ0v) is 24.8. The highest BCUT2D eigenvalue weighted by Crippen LogP contribution is 2.30. The first-order chi connectivity index (χ1) is 19.6. The van der Waals surface area contributed by atoms with Crippen LogP contribution < -0.4 is 19.7 Å². The van der Waals surface area contributed by atoms with Gasteiger partial charge in [-0.05, 0) is 89.5 Å². The molecule has 2 fully saturated rings. The number of aliphatic hydroxyl groups excluding tert-OH is 1. The number of hydrogen-bond acceptors (Lipinski definition) is 9. The average Bonchev–Trinajstić information content (AvgIpc) is 2.96. The molecule has 2 amide bonds. The summed E-state index contributed by atoms with van der Waals surface area (Å²) >= 11 is 0. The van der Waals surface area contributed by atoms with Gasteiger partial charge in [0.2, 0.25) is 5.95 Å². The first-order valence-electron chi connectivity index (χ1n) is 14.4. The van der Waals surface area contributed by atoms with E-state index in [1.54, 1.807) is 47.4 Å². The van der Waals surface area contributed by atoms with Crippen molar-refractivity contribution in [2.24, 2.45) is 5.92 Å². The summed E-state index contributed by atoms with van der Waals surface area (Å²) in [4.78, 5) is 39.1. The summed E-state index contributed by atoms with van der Waals surface area (Å²) in [5, 5.41) is 13.2. The lowest BCUT2D eigenvalue weighted by Gasteiger charge is -2.35. The molecule has 1 aromatic heterocycles. The van der Waals surface area contributed by atoms with Crippen LogP contribution in [0.25, 0.3) is 0 Å². The number of nitrogens with one attached hydrogen (secondary N) is 1. The highest BCUT2D eigenvalue weighted by Gasteiger charge is 2.30. The molecule has 0 unspecified atom stereocenters. The number of carbonyl (C=O) groups excluding carboxylic acids is 2. The van der Waals surface area contributed by atoms with Gasteiger partial charge < -0.3 is 29.5 Å². The van der Waals surface area contributed by atoms with Crippen LogP contribution in [0.1, 0.15) is 69.7 Å². The molecule has 1 saturated heterocycles. The van der Waals surface area contributed by atoms with E-state index in [4.69, 9.17) is 19.2 Å². The Morgan fingerprint density at radius 1 is 1.02 bits per heavy atom. The number of aromatic nitrogens is 2. The summed E-state index contributed by atoms with van der Waals surface area (Å²) in [5.74, 6) is 1.89. The predicted molar refractivity (Wildman–Crippen MR) is 156 cm³/mol. The Balaban J connectivity index is 1.54. The van der Waals surface area contributed by atoms with E-state index in [1.807, 2.05) is 20.8 Å². The van der Waals surface area contributed by atoms with Crippen LogP contribution in [-0.2, 0) is 4.74 Å². The van der Waals surface area contributed by atoms with Crippen molar-refractivity contribution in [3.05, 3.63) is 36.0 Å². The molecular formula is C30H43N5O6. The third kappa shape index (κ3) is 8.22. The number of ether oxygens (including phenoxy) is 3. The van der Waals surface area contributed by atoms with Gasteiger partial charge in [0, 0.05) is 37.4 Å². The molecule has 0 radical (unpaired) electrons. The summed E-state index contributed by atoms with van der Waals surface area (Å²) in [7, 11) is 3.09. The molecule has 1 saturated carbocycles. The minimum absolute atomic E-state index is 0.156. The van der Waals surface area contributed by atoms with E-state index in [2.05, 4.69) is 10.3 Å². The van der Waals surface area contributed by atoms with Crippen LogP contribution in [0.4, 0.5) is 16.6 Å². The molecule has 1 aliphatic heterocycles. The number of aliphatic hydroxyl groups is 1. The molecule has 11 heteroatoms. The second-order valence-electron chi connectivity index (χ2n) is 11.8. The van der Waals surface area contributed by atoms with Gasteiger partial charge in [-0.3, -0.25) is 9.69 Å². The first-order valence-corrected chi connectivity index (χ1v) is 14.4. The second-order valence-corrected chi connectivity index (χ2v) is 11.8. The third-order valence-electron chi connectivity index (χ3n) is 7.53. The smallest absolute Gasteiger partial charge is 0.410 e. The van der Waals surface area contributed by atoms with E-state index in [9.17, 15) is 14.7 Å². The first kappa shape index (κ1) is 30.4. The normalized spacial score (nSPS) is 19.8. The summed E-state index contributed by atoms with van der Waals surface area (Å²) in [6.45, 7) is 7.12. The number of rotatable bonds is 8. The van der Waals surface area contributed by atoms with E-state index >= 15 is 0 Å². The molecule has 11 nitrogen and oxygen atoms in total. The van der Waals surface area contributed by atoms with Crippen LogP contribution in [0.5, 0.6) is 11.5 Å². The van der Waals surface area contributed by atoms with E-state index in [1.165, 1.54) is 7.11 Å². The maximum Gasteiger partial charge on any atom is 0.410 e. The molecule has 1 aliphatic carbocycles. The third-order valence-corrected chi connectivity index (χ3v) is 7.53. The molecule has 0 bridgehead atoms. The van der Waals surface area contributed by atoms with Crippen molar-refractivity contribution in [2.45, 2.75) is 77.0 Å². The number of carbonyl (C=O) groups is 2. The largest absolute Gasteiger partial charge is 0.493 e. The SMILES string of the molecule is COc1ccc(C(=O)N(CC2CCN(C(=O)OC(C)(C)C)CC2)c2ccnc(NC3CCC(O)CC3)n2)cc1OC. The number of piperidine rings is 1. The van der Waals surface area contributed by atoms with Crippen molar-refractivity contribution < 1.29 is 28.9 Å².